The van der Waals surface area contributed by atoms with Crippen molar-refractivity contribution in [3.05, 3.63) is 95.1 Å². The van der Waals surface area contributed by atoms with Crippen molar-refractivity contribution >= 4 is 23.2 Å². The summed E-state index contributed by atoms with van der Waals surface area (Å²) >= 11 is 0. The molecule has 0 unspecified atom stereocenters. The lowest BCUT2D eigenvalue weighted by Crippen LogP contribution is -2.36. The molecule has 0 aromatic heterocycles. The van der Waals surface area contributed by atoms with Crippen LogP contribution in [0.3, 0.4) is 0 Å². The van der Waals surface area contributed by atoms with Gasteiger partial charge in [-0.3, -0.25) is 9.69 Å². The fourth-order valence-electron chi connectivity index (χ4n) is 3.74. The van der Waals surface area contributed by atoms with Gasteiger partial charge in [-0.1, -0.05) is 18.2 Å². The molecule has 3 aromatic carbocycles. The summed E-state index contributed by atoms with van der Waals surface area (Å²) in [5.74, 6) is -1.02. The fourth-order valence-corrected chi connectivity index (χ4v) is 3.74. The maximum atomic E-state index is 13.9. The van der Waals surface area contributed by atoms with Crippen LogP contribution in [0.2, 0.25) is 0 Å². The van der Waals surface area contributed by atoms with Crippen LogP contribution in [0.4, 0.5) is 20.2 Å². The van der Waals surface area contributed by atoms with Crippen LogP contribution in [0, 0.1) is 11.6 Å². The molecule has 0 saturated carbocycles. The van der Waals surface area contributed by atoms with Gasteiger partial charge in [0.25, 0.3) is 0 Å². The lowest BCUT2D eigenvalue weighted by molar-refractivity contribution is 0.0435. The Morgan fingerprint density at radius 1 is 1.06 bits per heavy atom. The Balaban J connectivity index is 1.48. The highest BCUT2D eigenvalue weighted by atomic mass is 19.1. The number of halogens is 2. The van der Waals surface area contributed by atoms with Gasteiger partial charge in [-0.2, -0.15) is 0 Å². The van der Waals surface area contributed by atoms with Crippen LogP contribution in [0.15, 0.2) is 66.7 Å². The minimum Gasteiger partial charge on any atom is -0.496 e. The van der Waals surface area contributed by atoms with E-state index in [1.807, 2.05) is 18.2 Å². The van der Waals surface area contributed by atoms with Gasteiger partial charge < -0.3 is 14.8 Å². The Morgan fingerprint density at radius 3 is 2.53 bits per heavy atom. The Kier molecular flexibility index (Phi) is 7.67. The number of carbonyl (C=O) groups is 1. The van der Waals surface area contributed by atoms with Gasteiger partial charge >= 0.3 is 0 Å². The molecule has 1 N–H and O–H groups in total. The second-order valence-corrected chi connectivity index (χ2v) is 7.93. The van der Waals surface area contributed by atoms with Gasteiger partial charge in [0.15, 0.2) is 5.78 Å². The van der Waals surface area contributed by atoms with Gasteiger partial charge in [0.05, 0.1) is 31.6 Å². The molecule has 0 radical (unpaired) electrons. The Labute approximate surface area is 197 Å². The number of methoxy groups -OCH3 is 1. The lowest BCUT2D eigenvalue weighted by atomic mass is 9.99. The number of ketones is 1. The third kappa shape index (κ3) is 5.87. The van der Waals surface area contributed by atoms with E-state index in [-0.39, 0.29) is 11.5 Å². The number of carbonyl (C=O) groups excluding carboxylic acids is 1. The molecule has 7 heteroatoms. The maximum absolute atomic E-state index is 13.9. The van der Waals surface area contributed by atoms with Crippen LogP contribution in [-0.4, -0.2) is 50.6 Å². The summed E-state index contributed by atoms with van der Waals surface area (Å²) in [6.45, 7) is 4.15. The number of nitrogens with one attached hydrogen (secondary N) is 1. The van der Waals surface area contributed by atoms with E-state index in [2.05, 4.69) is 16.3 Å². The molecular weight excluding hydrogens is 438 g/mol. The van der Waals surface area contributed by atoms with Crippen molar-refractivity contribution in [2.24, 2.45) is 0 Å². The Morgan fingerprint density at radius 2 is 1.82 bits per heavy atom. The van der Waals surface area contributed by atoms with Crippen LogP contribution in [-0.2, 0) is 4.74 Å². The molecule has 1 aliphatic rings. The summed E-state index contributed by atoms with van der Waals surface area (Å²) < 4.78 is 37.8. The molecule has 0 atom stereocenters. The number of ether oxygens (including phenoxy) is 2. The van der Waals surface area contributed by atoms with Crippen molar-refractivity contribution in [2.45, 2.75) is 0 Å². The molecule has 0 bridgehead atoms. The zero-order valence-corrected chi connectivity index (χ0v) is 18.9. The highest BCUT2D eigenvalue weighted by molar-refractivity contribution is 6.11. The highest BCUT2D eigenvalue weighted by Crippen LogP contribution is 2.26. The second kappa shape index (κ2) is 11.0. The smallest absolute Gasteiger partial charge is 0.196 e. The molecule has 0 aliphatic carbocycles. The van der Waals surface area contributed by atoms with Crippen LogP contribution in [0.25, 0.3) is 6.08 Å². The third-order valence-corrected chi connectivity index (χ3v) is 5.60. The molecular formula is C27H26F2N2O3. The average Bonchev–Trinajstić information content (AvgIpc) is 2.86. The number of morpholine rings is 1. The van der Waals surface area contributed by atoms with Crippen molar-refractivity contribution in [3.8, 4) is 5.75 Å². The largest absolute Gasteiger partial charge is 0.496 e. The number of nitrogens with zero attached hydrogens (tertiary/aromatic N) is 1. The second-order valence-electron chi connectivity index (χ2n) is 7.93. The van der Waals surface area contributed by atoms with Crippen LogP contribution >= 0.6 is 0 Å². The van der Waals surface area contributed by atoms with Crippen molar-refractivity contribution in [3.63, 3.8) is 0 Å². The number of benzene rings is 3. The van der Waals surface area contributed by atoms with Crippen molar-refractivity contribution in [1.29, 1.82) is 0 Å². The number of hydrogen-bond donors (Lipinski definition) is 1. The molecule has 5 nitrogen and oxygen atoms in total. The number of rotatable bonds is 8. The van der Waals surface area contributed by atoms with E-state index in [1.54, 1.807) is 30.3 Å². The van der Waals surface area contributed by atoms with Crippen molar-refractivity contribution < 1.29 is 23.0 Å². The molecule has 0 amide bonds. The van der Waals surface area contributed by atoms with Crippen molar-refractivity contribution in [2.75, 3.05) is 45.3 Å². The minimum atomic E-state index is -0.691. The quantitative estimate of drug-likeness (QED) is 0.459. The standard InChI is InChI=1S/C27H26F2N2O3/c1-33-26-11-4-19(3-2-12-31-13-15-34-16-14-31)17-23(26)27(32)20-5-8-22(9-6-20)30-25-10-7-21(28)18-24(25)29/h2-11,17-18,30H,12-16H2,1H3. The summed E-state index contributed by atoms with van der Waals surface area (Å²) in [7, 11) is 1.53. The van der Waals surface area contributed by atoms with E-state index in [0.29, 0.717) is 22.6 Å². The molecule has 34 heavy (non-hydrogen) atoms. The number of hydrogen-bond acceptors (Lipinski definition) is 5. The first-order chi connectivity index (χ1) is 16.5. The van der Waals surface area contributed by atoms with Gasteiger partial charge in [-0.05, 0) is 54.1 Å². The molecule has 1 fully saturated rings. The van der Waals surface area contributed by atoms with E-state index in [0.717, 1.165) is 44.5 Å². The first kappa shape index (κ1) is 23.6. The first-order valence-corrected chi connectivity index (χ1v) is 11.0. The summed E-state index contributed by atoms with van der Waals surface area (Å²) in [6.07, 6.45) is 4.08. The summed E-state index contributed by atoms with van der Waals surface area (Å²) in [5.41, 5.74) is 2.56. The fraction of sp³-hybridized carbons (Fsp3) is 0.222. The SMILES string of the molecule is COc1ccc(C=CCN2CCOCC2)cc1C(=O)c1ccc(Nc2ccc(F)cc2F)cc1. The molecule has 4 rings (SSSR count). The van der Waals surface area contributed by atoms with E-state index < -0.39 is 11.6 Å². The third-order valence-electron chi connectivity index (χ3n) is 5.60. The van der Waals surface area contributed by atoms with Gasteiger partial charge in [0, 0.05) is 37.0 Å². The molecule has 1 heterocycles. The predicted molar refractivity (Wildman–Crippen MR) is 129 cm³/mol. The van der Waals surface area contributed by atoms with Crippen LogP contribution < -0.4 is 10.1 Å². The average molecular weight is 465 g/mol. The molecule has 1 aliphatic heterocycles. The summed E-state index contributed by atoms with van der Waals surface area (Å²) in [6, 6.07) is 15.5. The van der Waals surface area contributed by atoms with Gasteiger partial charge in [-0.15, -0.1) is 0 Å². The molecule has 0 spiro atoms. The van der Waals surface area contributed by atoms with Crippen molar-refractivity contribution in [1.82, 2.24) is 4.90 Å². The molecule has 3 aromatic rings. The zero-order chi connectivity index (χ0) is 23.9. The maximum Gasteiger partial charge on any atom is 0.196 e. The van der Waals surface area contributed by atoms with Gasteiger partial charge in [-0.25, -0.2) is 8.78 Å². The van der Waals surface area contributed by atoms with E-state index in [1.165, 1.54) is 19.2 Å². The zero-order valence-electron chi connectivity index (χ0n) is 18.9. The summed E-state index contributed by atoms with van der Waals surface area (Å²) in [5, 5.41) is 2.89. The topological polar surface area (TPSA) is 50.8 Å². The van der Waals surface area contributed by atoms with E-state index >= 15 is 0 Å². The Hall–Kier alpha value is -3.55. The number of anilines is 2. The normalized spacial score (nSPS) is 14.3. The van der Waals surface area contributed by atoms with Gasteiger partial charge in [0.2, 0.25) is 0 Å². The van der Waals surface area contributed by atoms with E-state index in [4.69, 9.17) is 9.47 Å². The highest BCUT2D eigenvalue weighted by Gasteiger charge is 2.15. The van der Waals surface area contributed by atoms with Crippen LogP contribution in [0.5, 0.6) is 5.75 Å². The predicted octanol–water partition coefficient (Wildman–Crippen LogP) is 5.29. The van der Waals surface area contributed by atoms with E-state index in [9.17, 15) is 13.6 Å². The Bertz CT molecular complexity index is 1170. The molecule has 1 saturated heterocycles. The summed E-state index contributed by atoms with van der Waals surface area (Å²) in [4.78, 5) is 15.5. The van der Waals surface area contributed by atoms with Crippen LogP contribution in [0.1, 0.15) is 21.5 Å². The lowest BCUT2D eigenvalue weighted by Gasteiger charge is -2.25. The monoisotopic (exact) mass is 464 g/mol. The first-order valence-electron chi connectivity index (χ1n) is 11.0. The minimum absolute atomic E-state index is 0.152. The van der Waals surface area contributed by atoms with Gasteiger partial charge in [0.1, 0.15) is 17.4 Å². The molecule has 176 valence electrons.